The van der Waals surface area contributed by atoms with Gasteiger partial charge in [-0.3, -0.25) is 0 Å². The fourth-order valence-corrected chi connectivity index (χ4v) is 1.49. The van der Waals surface area contributed by atoms with Crippen LogP contribution in [-0.2, 0) is 4.74 Å². The molecule has 3 nitrogen and oxygen atoms in total. The summed E-state index contributed by atoms with van der Waals surface area (Å²) in [4.78, 5) is 11.1. The molecule has 0 aromatic heterocycles. The summed E-state index contributed by atoms with van der Waals surface area (Å²) in [5.74, 6) is -1.74. The van der Waals surface area contributed by atoms with E-state index in [4.69, 9.17) is 17.3 Å². The molecule has 0 heterocycles. The van der Waals surface area contributed by atoms with Crippen molar-refractivity contribution in [1.82, 2.24) is 0 Å². The molecule has 0 aliphatic rings. The molecule has 0 aliphatic carbocycles. The first kappa shape index (κ1) is 11.3. The Labute approximate surface area is 93.1 Å². The zero-order valence-electron chi connectivity index (χ0n) is 7.11. The second-order valence-electron chi connectivity index (χ2n) is 2.44. The average molecular weight is 282 g/mol. The van der Waals surface area contributed by atoms with Gasteiger partial charge in [0.2, 0.25) is 0 Å². The third-order valence-corrected chi connectivity index (χ3v) is 2.81. The Morgan fingerprint density at radius 2 is 2.29 bits per heavy atom. The summed E-state index contributed by atoms with van der Waals surface area (Å²) in [5.41, 5.74) is 5.07. The highest BCUT2D eigenvalue weighted by molar-refractivity contribution is 9.10. The normalized spacial score (nSPS) is 10.0. The Hall–Kier alpha value is -0.810. The number of nitrogen functional groups attached to an aromatic ring is 1. The van der Waals surface area contributed by atoms with Gasteiger partial charge in [-0.1, -0.05) is 11.6 Å². The van der Waals surface area contributed by atoms with Gasteiger partial charge in [0.15, 0.2) is 5.82 Å². The highest BCUT2D eigenvalue weighted by Crippen LogP contribution is 2.31. The Morgan fingerprint density at radius 1 is 1.71 bits per heavy atom. The fraction of sp³-hybridized carbons (Fsp3) is 0.125. The van der Waals surface area contributed by atoms with E-state index in [0.717, 1.165) is 7.11 Å². The third kappa shape index (κ3) is 1.83. The van der Waals surface area contributed by atoms with Gasteiger partial charge in [0.25, 0.3) is 0 Å². The number of benzene rings is 1. The van der Waals surface area contributed by atoms with E-state index in [-0.39, 0.29) is 16.3 Å². The summed E-state index contributed by atoms with van der Waals surface area (Å²) in [6.07, 6.45) is 0. The number of methoxy groups -OCH3 is 1. The zero-order chi connectivity index (χ0) is 10.9. The molecule has 14 heavy (non-hydrogen) atoms. The molecule has 0 saturated heterocycles. The van der Waals surface area contributed by atoms with Gasteiger partial charge in [-0.2, -0.15) is 0 Å². The number of carbonyl (C=O) groups excluding carboxylic acids is 1. The van der Waals surface area contributed by atoms with Crippen molar-refractivity contribution in [2.24, 2.45) is 0 Å². The van der Waals surface area contributed by atoms with E-state index in [9.17, 15) is 9.18 Å². The molecular formula is C8H6BrClFNO2. The number of anilines is 1. The highest BCUT2D eigenvalue weighted by atomic mass is 79.9. The molecule has 0 radical (unpaired) electrons. The summed E-state index contributed by atoms with van der Waals surface area (Å²) in [6, 6.07) is 1.34. The lowest BCUT2D eigenvalue weighted by Gasteiger charge is -2.07. The van der Waals surface area contributed by atoms with Crippen molar-refractivity contribution in [2.75, 3.05) is 12.8 Å². The van der Waals surface area contributed by atoms with Crippen LogP contribution in [-0.4, -0.2) is 13.1 Å². The van der Waals surface area contributed by atoms with Crippen molar-refractivity contribution < 1.29 is 13.9 Å². The molecule has 0 bridgehead atoms. The third-order valence-electron chi connectivity index (χ3n) is 1.58. The maximum absolute atomic E-state index is 13.4. The zero-order valence-corrected chi connectivity index (χ0v) is 9.45. The SMILES string of the molecule is COC(=O)c1c(N)cc(Br)c(Cl)c1F. The topological polar surface area (TPSA) is 52.3 Å². The molecule has 0 aliphatic heterocycles. The number of rotatable bonds is 1. The molecular weight excluding hydrogens is 276 g/mol. The minimum Gasteiger partial charge on any atom is -0.465 e. The standard InChI is InChI=1S/C8H6BrClFNO2/c1-14-8(13)5-4(12)2-3(9)6(10)7(5)11/h2H,12H2,1H3. The summed E-state index contributed by atoms with van der Waals surface area (Å²) < 4.78 is 18.1. The van der Waals surface area contributed by atoms with Gasteiger partial charge >= 0.3 is 5.97 Å². The van der Waals surface area contributed by atoms with Gasteiger partial charge in [-0.15, -0.1) is 0 Å². The lowest BCUT2D eigenvalue weighted by atomic mass is 10.1. The Bertz CT molecular complexity index is 397. The molecule has 1 rings (SSSR count). The molecule has 1 aromatic carbocycles. The van der Waals surface area contributed by atoms with Crippen LogP contribution in [0.25, 0.3) is 0 Å². The number of ether oxygens (including phenoxy) is 1. The number of carbonyl (C=O) groups is 1. The van der Waals surface area contributed by atoms with Gasteiger partial charge in [0.05, 0.1) is 17.8 Å². The van der Waals surface area contributed by atoms with E-state index in [1.165, 1.54) is 6.07 Å². The quantitative estimate of drug-likeness (QED) is 0.489. The molecule has 1 aromatic rings. The van der Waals surface area contributed by atoms with Crippen LogP contribution in [0.15, 0.2) is 10.5 Å². The van der Waals surface area contributed by atoms with Gasteiger partial charge in [0, 0.05) is 4.47 Å². The molecule has 0 amide bonds. The molecule has 0 unspecified atom stereocenters. The molecule has 6 heteroatoms. The molecule has 0 fully saturated rings. The second-order valence-corrected chi connectivity index (χ2v) is 3.67. The van der Waals surface area contributed by atoms with Crippen LogP contribution in [0.2, 0.25) is 5.02 Å². The van der Waals surface area contributed by atoms with Crippen molar-refractivity contribution in [3.63, 3.8) is 0 Å². The molecule has 76 valence electrons. The predicted octanol–water partition coefficient (Wildman–Crippen LogP) is 2.61. The average Bonchev–Trinajstić information content (AvgIpc) is 2.14. The smallest absolute Gasteiger partial charge is 0.343 e. The largest absolute Gasteiger partial charge is 0.465 e. The van der Waals surface area contributed by atoms with Crippen LogP contribution >= 0.6 is 27.5 Å². The fourth-order valence-electron chi connectivity index (χ4n) is 0.923. The van der Waals surface area contributed by atoms with E-state index in [1.807, 2.05) is 0 Å². The van der Waals surface area contributed by atoms with E-state index in [2.05, 4.69) is 20.7 Å². The van der Waals surface area contributed by atoms with Crippen LogP contribution in [0.1, 0.15) is 10.4 Å². The maximum atomic E-state index is 13.4. The summed E-state index contributed by atoms with van der Waals surface area (Å²) in [6.45, 7) is 0. The summed E-state index contributed by atoms with van der Waals surface area (Å²) >= 11 is 8.57. The first-order valence-corrected chi connectivity index (χ1v) is 4.67. The molecule has 2 N–H and O–H groups in total. The van der Waals surface area contributed by atoms with Crippen LogP contribution in [0, 0.1) is 5.82 Å². The maximum Gasteiger partial charge on any atom is 0.343 e. The number of nitrogens with two attached hydrogens (primary N) is 1. The summed E-state index contributed by atoms with van der Waals surface area (Å²) in [5, 5.41) is -0.195. The number of halogens is 3. The van der Waals surface area contributed by atoms with Crippen molar-refractivity contribution >= 4 is 39.2 Å². The van der Waals surface area contributed by atoms with Crippen LogP contribution in [0.3, 0.4) is 0 Å². The Morgan fingerprint density at radius 3 is 2.79 bits per heavy atom. The van der Waals surface area contributed by atoms with Gasteiger partial charge in [0.1, 0.15) is 5.56 Å². The van der Waals surface area contributed by atoms with E-state index in [1.54, 1.807) is 0 Å². The second kappa shape index (κ2) is 4.14. The first-order chi connectivity index (χ1) is 6.49. The van der Waals surface area contributed by atoms with Gasteiger partial charge in [-0.05, 0) is 22.0 Å². The number of esters is 1. The molecule has 0 saturated carbocycles. The van der Waals surface area contributed by atoms with Crippen molar-refractivity contribution in [3.05, 3.63) is 26.9 Å². The predicted molar refractivity (Wildman–Crippen MR) is 54.9 cm³/mol. The number of hydrogen-bond donors (Lipinski definition) is 1. The van der Waals surface area contributed by atoms with E-state index in [0.29, 0.717) is 4.47 Å². The molecule has 0 spiro atoms. The van der Waals surface area contributed by atoms with Crippen molar-refractivity contribution in [2.45, 2.75) is 0 Å². The minimum atomic E-state index is -0.884. The first-order valence-electron chi connectivity index (χ1n) is 3.50. The summed E-state index contributed by atoms with van der Waals surface area (Å²) in [7, 11) is 1.14. The Kier molecular flexibility index (Phi) is 3.34. The lowest BCUT2D eigenvalue weighted by molar-refractivity contribution is 0.0597. The van der Waals surface area contributed by atoms with E-state index < -0.39 is 11.8 Å². The van der Waals surface area contributed by atoms with Gasteiger partial charge < -0.3 is 10.5 Å². The van der Waals surface area contributed by atoms with Crippen LogP contribution in [0.4, 0.5) is 10.1 Å². The van der Waals surface area contributed by atoms with Crippen molar-refractivity contribution in [3.8, 4) is 0 Å². The highest BCUT2D eigenvalue weighted by Gasteiger charge is 2.20. The van der Waals surface area contributed by atoms with Crippen molar-refractivity contribution in [1.29, 1.82) is 0 Å². The van der Waals surface area contributed by atoms with Gasteiger partial charge in [-0.25, -0.2) is 9.18 Å². The lowest BCUT2D eigenvalue weighted by Crippen LogP contribution is -2.09. The monoisotopic (exact) mass is 281 g/mol. The van der Waals surface area contributed by atoms with E-state index >= 15 is 0 Å². The van der Waals surface area contributed by atoms with Crippen LogP contribution < -0.4 is 5.73 Å². The molecule has 0 atom stereocenters. The number of hydrogen-bond acceptors (Lipinski definition) is 3. The minimum absolute atomic E-state index is 0.0226. The Balaban J connectivity index is 3.44. The van der Waals surface area contributed by atoms with Crippen LogP contribution in [0.5, 0.6) is 0 Å².